The van der Waals surface area contributed by atoms with Gasteiger partial charge in [0.1, 0.15) is 13.2 Å². The molecule has 1 atom stereocenters. The van der Waals surface area contributed by atoms with Gasteiger partial charge in [-0.25, -0.2) is 0 Å². The van der Waals surface area contributed by atoms with Crippen molar-refractivity contribution in [1.29, 1.82) is 0 Å². The van der Waals surface area contributed by atoms with Gasteiger partial charge in [0.05, 0.1) is 0 Å². The van der Waals surface area contributed by atoms with E-state index in [1.54, 1.807) is 0 Å². The zero-order valence-electron chi connectivity index (χ0n) is 51.5. The van der Waals surface area contributed by atoms with E-state index in [9.17, 15) is 14.4 Å². The summed E-state index contributed by atoms with van der Waals surface area (Å²) in [6.45, 7) is 6.62. The molecule has 6 nitrogen and oxygen atoms in total. The Labute approximate surface area is 479 Å². The number of carbonyl (C=O) groups excluding carboxylic acids is 3. The Morgan fingerprint density at radius 1 is 0.260 bits per heavy atom. The van der Waals surface area contributed by atoms with Crippen LogP contribution in [0.2, 0.25) is 0 Å². The second-order valence-corrected chi connectivity index (χ2v) is 22.7. The lowest BCUT2D eigenvalue weighted by molar-refractivity contribution is -0.167. The topological polar surface area (TPSA) is 78.9 Å². The summed E-state index contributed by atoms with van der Waals surface area (Å²) in [4.78, 5) is 38.4. The minimum atomic E-state index is -0.803. The second-order valence-electron chi connectivity index (χ2n) is 22.7. The fourth-order valence-electron chi connectivity index (χ4n) is 9.90. The molecule has 0 bridgehead atoms. The Morgan fingerprint density at radius 3 is 0.805 bits per heavy atom. The summed E-state index contributed by atoms with van der Waals surface area (Å²) in [6.07, 6.45) is 83.8. The molecular weight excluding hydrogens is 949 g/mol. The first-order valence-electron chi connectivity index (χ1n) is 33.8. The summed E-state index contributed by atoms with van der Waals surface area (Å²) in [7, 11) is 0. The van der Waals surface area contributed by atoms with Crippen LogP contribution in [0.5, 0.6) is 0 Å². The van der Waals surface area contributed by atoms with E-state index in [1.807, 2.05) is 0 Å². The van der Waals surface area contributed by atoms with Gasteiger partial charge in [0.25, 0.3) is 0 Å². The third-order valence-electron chi connectivity index (χ3n) is 15.0. The van der Waals surface area contributed by atoms with Crippen molar-refractivity contribution in [1.82, 2.24) is 0 Å². The number of allylic oxidation sites excluding steroid dienone is 10. The molecule has 0 heterocycles. The molecule has 6 heteroatoms. The van der Waals surface area contributed by atoms with E-state index in [-0.39, 0.29) is 37.5 Å². The lowest BCUT2D eigenvalue weighted by Gasteiger charge is -2.18. The molecule has 0 aliphatic rings. The van der Waals surface area contributed by atoms with E-state index in [1.165, 1.54) is 244 Å². The van der Waals surface area contributed by atoms with Gasteiger partial charge in [-0.3, -0.25) is 14.4 Å². The van der Waals surface area contributed by atoms with Crippen molar-refractivity contribution in [3.63, 3.8) is 0 Å². The maximum absolute atomic E-state index is 12.9. The second kappa shape index (κ2) is 65.6. The molecular formula is C71H128O6. The Hall–Kier alpha value is -2.89. The van der Waals surface area contributed by atoms with Crippen LogP contribution in [0.1, 0.15) is 355 Å². The molecule has 0 fully saturated rings. The van der Waals surface area contributed by atoms with Gasteiger partial charge in [0.2, 0.25) is 0 Å². The third-order valence-corrected chi connectivity index (χ3v) is 15.0. The highest BCUT2D eigenvalue weighted by Crippen LogP contribution is 2.18. The quantitative estimate of drug-likeness (QED) is 0.0261. The van der Waals surface area contributed by atoms with Crippen molar-refractivity contribution in [3.8, 4) is 0 Å². The maximum Gasteiger partial charge on any atom is 0.306 e. The van der Waals surface area contributed by atoms with Crippen molar-refractivity contribution < 1.29 is 28.6 Å². The molecule has 0 saturated carbocycles. The van der Waals surface area contributed by atoms with Crippen LogP contribution in [0.15, 0.2) is 60.8 Å². The van der Waals surface area contributed by atoms with E-state index < -0.39 is 6.10 Å². The summed E-state index contributed by atoms with van der Waals surface area (Å²) < 4.78 is 16.9. The molecule has 0 radical (unpaired) electrons. The molecule has 0 rings (SSSR count). The van der Waals surface area contributed by atoms with Crippen LogP contribution in [0.4, 0.5) is 0 Å². The van der Waals surface area contributed by atoms with Crippen LogP contribution < -0.4 is 0 Å². The average Bonchev–Trinajstić information content (AvgIpc) is 3.43. The molecule has 0 spiro atoms. The summed E-state index contributed by atoms with van der Waals surface area (Å²) >= 11 is 0. The smallest absolute Gasteiger partial charge is 0.306 e. The van der Waals surface area contributed by atoms with Gasteiger partial charge in [-0.05, 0) is 83.5 Å². The zero-order valence-corrected chi connectivity index (χ0v) is 51.5. The third kappa shape index (κ3) is 63.8. The van der Waals surface area contributed by atoms with Crippen LogP contribution in [-0.4, -0.2) is 37.2 Å². The van der Waals surface area contributed by atoms with Crippen LogP contribution in [0.25, 0.3) is 0 Å². The first kappa shape index (κ1) is 74.1. The van der Waals surface area contributed by atoms with Crippen molar-refractivity contribution in [3.05, 3.63) is 60.8 Å². The SMILES string of the molecule is CCCCC/C=C\C/C=C\C/C=C\C/C=C\CCCC(=O)O[C@H](COC(=O)CCCCCCCCCCCCC/C=C\CCCCCCCC)COC(=O)CCCCCCCCCCCCCCCCCCCCCCC. The van der Waals surface area contributed by atoms with Crippen LogP contribution in [0, 0.1) is 0 Å². The Bertz CT molecular complexity index is 1380. The fraction of sp³-hybridized carbons (Fsp3) is 0.817. The highest BCUT2D eigenvalue weighted by Gasteiger charge is 2.19. The highest BCUT2D eigenvalue weighted by atomic mass is 16.6. The van der Waals surface area contributed by atoms with E-state index in [2.05, 4.69) is 81.5 Å². The van der Waals surface area contributed by atoms with Gasteiger partial charge in [0, 0.05) is 19.3 Å². The van der Waals surface area contributed by atoms with Crippen molar-refractivity contribution in [2.24, 2.45) is 0 Å². The molecule has 0 N–H and O–H groups in total. The average molecular weight is 1080 g/mol. The van der Waals surface area contributed by atoms with Gasteiger partial charge in [-0.2, -0.15) is 0 Å². The fourth-order valence-corrected chi connectivity index (χ4v) is 9.90. The normalized spacial score (nSPS) is 12.4. The van der Waals surface area contributed by atoms with Crippen molar-refractivity contribution >= 4 is 17.9 Å². The molecule has 0 aromatic heterocycles. The minimum absolute atomic E-state index is 0.0923. The van der Waals surface area contributed by atoms with Crippen molar-refractivity contribution in [2.45, 2.75) is 361 Å². The molecule has 0 aliphatic heterocycles. The number of esters is 3. The number of carbonyl (C=O) groups is 3. The van der Waals surface area contributed by atoms with Gasteiger partial charge >= 0.3 is 17.9 Å². The lowest BCUT2D eigenvalue weighted by atomic mass is 10.0. The number of unbranched alkanes of at least 4 members (excludes halogenated alkanes) is 41. The van der Waals surface area contributed by atoms with Gasteiger partial charge in [0.15, 0.2) is 6.10 Å². The zero-order chi connectivity index (χ0) is 55.7. The van der Waals surface area contributed by atoms with E-state index in [4.69, 9.17) is 14.2 Å². The standard InChI is InChI=1S/C71H128O6/c1-4-7-10-13-16-19-22-25-28-31-33-35-37-40-42-45-48-51-54-57-60-63-69(72)75-66-68(77-71(74)65-62-59-56-53-50-47-44-39-30-27-24-21-18-15-12-9-6-3)67-76-70(73)64-61-58-55-52-49-46-43-41-38-36-34-32-29-26-23-20-17-14-11-8-5-2/h18,21,25,27-28,30,44,47,53,56,68H,4-17,19-20,22-24,26,29,31-43,45-46,48-52,54-55,57-67H2,1-3H3/b21-18-,28-25-,30-27-,47-44-,56-53-/t68-/m1/s1. The minimum Gasteiger partial charge on any atom is -0.462 e. The van der Waals surface area contributed by atoms with E-state index in [0.717, 1.165) is 64.2 Å². The summed E-state index contributed by atoms with van der Waals surface area (Å²) in [5.74, 6) is -0.928. The molecule has 0 aliphatic carbocycles. The first-order valence-corrected chi connectivity index (χ1v) is 33.8. The molecule has 0 amide bonds. The van der Waals surface area contributed by atoms with Gasteiger partial charge in [-0.15, -0.1) is 0 Å². The molecule has 448 valence electrons. The van der Waals surface area contributed by atoms with Crippen molar-refractivity contribution in [2.75, 3.05) is 13.2 Å². The Kier molecular flexibility index (Phi) is 63.2. The number of hydrogen-bond donors (Lipinski definition) is 0. The Morgan fingerprint density at radius 2 is 0.481 bits per heavy atom. The van der Waals surface area contributed by atoms with E-state index >= 15 is 0 Å². The van der Waals surface area contributed by atoms with Crippen LogP contribution in [-0.2, 0) is 28.6 Å². The molecule has 0 saturated heterocycles. The largest absolute Gasteiger partial charge is 0.462 e. The highest BCUT2D eigenvalue weighted by molar-refractivity contribution is 5.71. The predicted molar refractivity (Wildman–Crippen MR) is 335 cm³/mol. The number of rotatable bonds is 62. The molecule has 0 unspecified atom stereocenters. The van der Waals surface area contributed by atoms with Gasteiger partial charge in [-0.1, -0.05) is 313 Å². The molecule has 77 heavy (non-hydrogen) atoms. The lowest BCUT2D eigenvalue weighted by Crippen LogP contribution is -2.30. The van der Waals surface area contributed by atoms with Gasteiger partial charge < -0.3 is 14.2 Å². The summed E-state index contributed by atoms with van der Waals surface area (Å²) in [6, 6.07) is 0. The predicted octanol–water partition coefficient (Wildman–Crippen LogP) is 23.1. The van der Waals surface area contributed by atoms with Crippen LogP contribution in [0.3, 0.4) is 0 Å². The maximum atomic E-state index is 12.9. The first-order chi connectivity index (χ1) is 38.0. The molecule has 0 aromatic rings. The van der Waals surface area contributed by atoms with Crippen LogP contribution >= 0.6 is 0 Å². The summed E-state index contributed by atoms with van der Waals surface area (Å²) in [5.41, 5.74) is 0. The summed E-state index contributed by atoms with van der Waals surface area (Å²) in [5, 5.41) is 0. The van der Waals surface area contributed by atoms with E-state index in [0.29, 0.717) is 19.3 Å². The number of ether oxygens (including phenoxy) is 3. The number of hydrogen-bond acceptors (Lipinski definition) is 6. The monoisotopic (exact) mass is 1080 g/mol. The molecule has 0 aromatic carbocycles. The Balaban J connectivity index is 4.37.